The van der Waals surface area contributed by atoms with Crippen molar-refractivity contribution in [3.8, 4) is 5.75 Å². The number of benzene rings is 1. The van der Waals surface area contributed by atoms with Crippen molar-refractivity contribution in [1.29, 1.82) is 5.41 Å². The fourth-order valence-electron chi connectivity index (χ4n) is 0.912. The van der Waals surface area contributed by atoms with Crippen LogP contribution < -0.4 is 10.1 Å². The van der Waals surface area contributed by atoms with Gasteiger partial charge in [-0.15, -0.1) is 0 Å². The van der Waals surface area contributed by atoms with Crippen LogP contribution in [0.4, 0.5) is 0 Å². The maximum Gasteiger partial charge on any atom is 0.231 e. The lowest BCUT2D eigenvalue weighted by atomic mass is 10.2. The summed E-state index contributed by atoms with van der Waals surface area (Å²) in [5.74, 6) is 0.788. The van der Waals surface area contributed by atoms with Gasteiger partial charge in [0.2, 0.25) is 6.08 Å². The predicted molar refractivity (Wildman–Crippen MR) is 56.8 cm³/mol. The van der Waals surface area contributed by atoms with Gasteiger partial charge in [-0.05, 0) is 24.7 Å². The highest BCUT2D eigenvalue weighted by atomic mass is 17.1. The Morgan fingerprint density at radius 1 is 1.44 bits per heavy atom. The van der Waals surface area contributed by atoms with E-state index < -0.39 is 0 Å². The molecule has 0 heterocycles. The van der Waals surface area contributed by atoms with Crippen LogP contribution in [0.3, 0.4) is 0 Å². The van der Waals surface area contributed by atoms with Crippen LogP contribution in [-0.4, -0.2) is 25.1 Å². The van der Waals surface area contributed by atoms with Gasteiger partial charge in [-0.3, -0.25) is 10.6 Å². The van der Waals surface area contributed by atoms with Gasteiger partial charge in [0, 0.05) is 0 Å². The standard InChI is InChI=1S/C9H13NO3.CHNO/c1-10-7-12-9-4-2-8(3-5-9)6-13-11;2-1-3/h2-5,10-11H,6-7H2,1H3;2H. The van der Waals surface area contributed by atoms with Crippen LogP contribution in [0.5, 0.6) is 5.75 Å². The normalized spacial score (nSPS) is 8.62. The Balaban J connectivity index is 0.000000673. The number of rotatable bonds is 5. The Morgan fingerprint density at radius 3 is 2.44 bits per heavy atom. The summed E-state index contributed by atoms with van der Waals surface area (Å²) in [6.07, 6.45) is 0.750. The van der Waals surface area contributed by atoms with E-state index in [1.165, 1.54) is 0 Å². The molecule has 1 aromatic rings. The second-order valence-electron chi connectivity index (χ2n) is 2.66. The Morgan fingerprint density at radius 2 is 2.00 bits per heavy atom. The van der Waals surface area contributed by atoms with Crippen molar-refractivity contribution in [2.45, 2.75) is 6.61 Å². The average molecular weight is 226 g/mol. The number of carbonyl (C=O) groups excluding carboxylic acids is 1. The van der Waals surface area contributed by atoms with E-state index in [0.717, 1.165) is 17.4 Å². The minimum absolute atomic E-state index is 0.201. The molecule has 0 aliphatic heterocycles. The molecule has 88 valence electrons. The first-order chi connectivity index (χ1) is 7.78. The summed E-state index contributed by atoms with van der Waals surface area (Å²) in [6, 6.07) is 7.32. The van der Waals surface area contributed by atoms with Crippen molar-refractivity contribution in [2.75, 3.05) is 13.8 Å². The number of hydrogen-bond acceptors (Lipinski definition) is 6. The minimum atomic E-state index is 0.201. The third kappa shape index (κ3) is 6.69. The van der Waals surface area contributed by atoms with Crippen LogP contribution in [0.1, 0.15) is 5.56 Å². The maximum absolute atomic E-state index is 8.35. The van der Waals surface area contributed by atoms with E-state index in [4.69, 9.17) is 20.2 Å². The van der Waals surface area contributed by atoms with Gasteiger partial charge in [-0.25, -0.2) is 15.1 Å². The molecule has 0 spiro atoms. The summed E-state index contributed by atoms with van der Waals surface area (Å²) < 4.78 is 5.27. The van der Waals surface area contributed by atoms with Crippen molar-refractivity contribution in [3.63, 3.8) is 0 Å². The van der Waals surface area contributed by atoms with E-state index in [-0.39, 0.29) is 6.61 Å². The zero-order valence-corrected chi connectivity index (χ0v) is 8.90. The van der Waals surface area contributed by atoms with E-state index in [0.29, 0.717) is 6.73 Å². The molecule has 0 unspecified atom stereocenters. The smallest absolute Gasteiger partial charge is 0.231 e. The van der Waals surface area contributed by atoms with Gasteiger partial charge < -0.3 is 4.74 Å². The number of nitrogens with one attached hydrogen (secondary N) is 2. The van der Waals surface area contributed by atoms with Crippen molar-refractivity contribution in [2.24, 2.45) is 0 Å². The first-order valence-corrected chi connectivity index (χ1v) is 4.45. The zero-order chi connectivity index (χ0) is 12.2. The van der Waals surface area contributed by atoms with Crippen molar-refractivity contribution in [1.82, 2.24) is 5.32 Å². The molecule has 0 amide bonds. The SMILES string of the molecule is CNCOc1ccc(COO)cc1.N=C=O. The molecule has 0 aliphatic rings. The lowest BCUT2D eigenvalue weighted by Gasteiger charge is -2.05. The molecule has 1 rings (SSSR count). The largest absolute Gasteiger partial charge is 0.478 e. The van der Waals surface area contributed by atoms with Crippen molar-refractivity contribution < 1.29 is 19.7 Å². The average Bonchev–Trinajstić information content (AvgIpc) is 2.30. The number of ether oxygens (including phenoxy) is 1. The fourth-order valence-corrected chi connectivity index (χ4v) is 0.912. The summed E-state index contributed by atoms with van der Waals surface area (Å²) in [6.45, 7) is 0.683. The molecule has 0 aromatic heterocycles. The summed E-state index contributed by atoms with van der Waals surface area (Å²) >= 11 is 0. The molecule has 0 atom stereocenters. The van der Waals surface area contributed by atoms with Gasteiger partial charge in [0.1, 0.15) is 19.1 Å². The lowest BCUT2D eigenvalue weighted by Crippen LogP contribution is -2.13. The lowest BCUT2D eigenvalue weighted by molar-refractivity contribution is -0.253. The van der Waals surface area contributed by atoms with Gasteiger partial charge in [0.25, 0.3) is 0 Å². The van der Waals surface area contributed by atoms with Crippen molar-refractivity contribution in [3.05, 3.63) is 29.8 Å². The minimum Gasteiger partial charge on any atom is -0.478 e. The predicted octanol–water partition coefficient (Wildman–Crippen LogP) is 1.13. The van der Waals surface area contributed by atoms with E-state index >= 15 is 0 Å². The topological polar surface area (TPSA) is 91.6 Å². The van der Waals surface area contributed by atoms with Crippen LogP contribution in [0.25, 0.3) is 0 Å². The van der Waals surface area contributed by atoms with Gasteiger partial charge in [-0.2, -0.15) is 0 Å². The fraction of sp³-hybridized carbons (Fsp3) is 0.300. The molecule has 0 aliphatic carbocycles. The number of isocyanates is 1. The molecule has 0 saturated heterocycles. The summed E-state index contributed by atoms with van der Waals surface area (Å²) in [5.41, 5.74) is 0.902. The van der Waals surface area contributed by atoms with E-state index in [1.807, 2.05) is 31.3 Å². The highest BCUT2D eigenvalue weighted by Crippen LogP contribution is 2.11. The summed E-state index contributed by atoms with van der Waals surface area (Å²) in [5, 5.41) is 16.5. The molecule has 6 heteroatoms. The van der Waals surface area contributed by atoms with Crippen LogP contribution in [0.15, 0.2) is 24.3 Å². The van der Waals surface area contributed by atoms with Gasteiger partial charge in [0.05, 0.1) is 0 Å². The van der Waals surface area contributed by atoms with Crippen LogP contribution >= 0.6 is 0 Å². The van der Waals surface area contributed by atoms with Gasteiger partial charge in [0.15, 0.2) is 0 Å². The summed E-state index contributed by atoms with van der Waals surface area (Å²) in [7, 11) is 1.81. The monoisotopic (exact) mass is 226 g/mol. The molecule has 0 fully saturated rings. The van der Waals surface area contributed by atoms with Crippen LogP contribution in [0, 0.1) is 5.41 Å². The van der Waals surface area contributed by atoms with Crippen LogP contribution in [0.2, 0.25) is 0 Å². The quantitative estimate of drug-likeness (QED) is 0.230. The molecule has 6 nitrogen and oxygen atoms in total. The highest BCUT2D eigenvalue weighted by Gasteiger charge is 1.94. The highest BCUT2D eigenvalue weighted by molar-refractivity contribution is 5.26. The molecule has 3 N–H and O–H groups in total. The summed E-state index contributed by atoms with van der Waals surface area (Å²) in [4.78, 5) is 12.3. The third-order valence-corrected chi connectivity index (χ3v) is 1.54. The Labute approximate surface area is 93.2 Å². The maximum atomic E-state index is 8.35. The molecular formula is C10H14N2O4. The van der Waals surface area contributed by atoms with E-state index in [2.05, 4.69) is 10.2 Å². The van der Waals surface area contributed by atoms with E-state index in [1.54, 1.807) is 0 Å². The van der Waals surface area contributed by atoms with Gasteiger partial charge in [-0.1, -0.05) is 12.1 Å². The molecule has 16 heavy (non-hydrogen) atoms. The molecule has 0 saturated carbocycles. The first kappa shape index (κ1) is 14.3. The Bertz CT molecular complexity index is 307. The molecule has 0 radical (unpaired) electrons. The number of hydrogen-bond donors (Lipinski definition) is 3. The molecule has 0 bridgehead atoms. The van der Waals surface area contributed by atoms with E-state index in [9.17, 15) is 0 Å². The third-order valence-electron chi connectivity index (χ3n) is 1.54. The van der Waals surface area contributed by atoms with Gasteiger partial charge >= 0.3 is 0 Å². The van der Waals surface area contributed by atoms with Crippen molar-refractivity contribution >= 4 is 6.08 Å². The second kappa shape index (κ2) is 9.82. The Hall–Kier alpha value is -1.72. The second-order valence-corrected chi connectivity index (χ2v) is 2.66. The zero-order valence-electron chi connectivity index (χ0n) is 8.90. The van der Waals surface area contributed by atoms with Crippen LogP contribution in [-0.2, 0) is 16.3 Å². The Kier molecular flexibility index (Phi) is 8.76. The first-order valence-electron chi connectivity index (χ1n) is 4.45. The molecular weight excluding hydrogens is 212 g/mol. The molecule has 1 aromatic carbocycles.